The van der Waals surface area contributed by atoms with Crippen molar-refractivity contribution < 1.29 is 24.1 Å². The van der Waals surface area contributed by atoms with Crippen LogP contribution >= 0.6 is 0 Å². The minimum Gasteiger partial charge on any atom is -0.497 e. The maximum atomic E-state index is 12.5. The highest BCUT2D eigenvalue weighted by Gasteiger charge is 2.36. The van der Waals surface area contributed by atoms with Gasteiger partial charge in [-0.1, -0.05) is 39.8 Å². The first-order valence-electron chi connectivity index (χ1n) is 9.42. The number of ketones is 1. The first-order valence-corrected chi connectivity index (χ1v) is 9.42. The Hall–Kier alpha value is -1.43. The van der Waals surface area contributed by atoms with Crippen LogP contribution in [0.3, 0.4) is 0 Å². The smallest absolute Gasteiger partial charge is 0.162 e. The SMILES string of the molecule is COc1ccc(C[C@H]2OC[C@H](C)[C@@H]([C@@H](C)C(=O)C[C@@H](O)C(C)C)O2)cc1. The van der Waals surface area contributed by atoms with Gasteiger partial charge in [0.25, 0.3) is 0 Å². The summed E-state index contributed by atoms with van der Waals surface area (Å²) in [4.78, 5) is 12.5. The van der Waals surface area contributed by atoms with Crippen molar-refractivity contribution in [3.8, 4) is 5.75 Å². The fraction of sp³-hybridized carbons (Fsp3) is 0.667. The third kappa shape index (κ3) is 5.53. The lowest BCUT2D eigenvalue weighted by Gasteiger charge is -2.38. The van der Waals surface area contributed by atoms with Crippen LogP contribution in [0.5, 0.6) is 5.75 Å². The molecule has 0 unspecified atom stereocenters. The summed E-state index contributed by atoms with van der Waals surface area (Å²) in [6.45, 7) is 8.33. The van der Waals surface area contributed by atoms with Crippen molar-refractivity contribution in [1.82, 2.24) is 0 Å². The molecule has 1 aromatic rings. The molecular formula is C21H32O5. The van der Waals surface area contributed by atoms with Crippen LogP contribution in [0.15, 0.2) is 24.3 Å². The van der Waals surface area contributed by atoms with E-state index in [9.17, 15) is 9.90 Å². The fourth-order valence-electron chi connectivity index (χ4n) is 3.19. The van der Waals surface area contributed by atoms with Gasteiger partial charge in [-0.2, -0.15) is 0 Å². The van der Waals surface area contributed by atoms with Crippen molar-refractivity contribution in [2.24, 2.45) is 17.8 Å². The highest BCUT2D eigenvalue weighted by molar-refractivity contribution is 5.81. The van der Waals surface area contributed by atoms with Gasteiger partial charge in [0.2, 0.25) is 0 Å². The molecule has 0 saturated carbocycles. The summed E-state index contributed by atoms with van der Waals surface area (Å²) >= 11 is 0. The van der Waals surface area contributed by atoms with Crippen molar-refractivity contribution in [1.29, 1.82) is 0 Å². The van der Waals surface area contributed by atoms with E-state index in [1.165, 1.54) is 0 Å². The van der Waals surface area contributed by atoms with E-state index in [0.717, 1.165) is 11.3 Å². The maximum absolute atomic E-state index is 12.5. The number of ether oxygens (including phenoxy) is 3. The van der Waals surface area contributed by atoms with Gasteiger partial charge < -0.3 is 19.3 Å². The maximum Gasteiger partial charge on any atom is 0.162 e. The van der Waals surface area contributed by atoms with Crippen LogP contribution in [0.4, 0.5) is 0 Å². The van der Waals surface area contributed by atoms with Crippen LogP contribution in [0.2, 0.25) is 0 Å². The second-order valence-corrected chi connectivity index (χ2v) is 7.66. The molecule has 1 fully saturated rings. The van der Waals surface area contributed by atoms with E-state index in [4.69, 9.17) is 14.2 Å². The van der Waals surface area contributed by atoms with Gasteiger partial charge in [0.1, 0.15) is 11.5 Å². The molecule has 1 aliphatic heterocycles. The molecule has 0 aromatic heterocycles. The Kier molecular flexibility index (Phi) is 7.62. The minimum atomic E-state index is -0.602. The van der Waals surface area contributed by atoms with Gasteiger partial charge in [-0.05, 0) is 23.6 Å². The van der Waals surface area contributed by atoms with Gasteiger partial charge in [-0.25, -0.2) is 0 Å². The number of carbonyl (C=O) groups is 1. The van der Waals surface area contributed by atoms with Crippen LogP contribution in [-0.2, 0) is 20.7 Å². The van der Waals surface area contributed by atoms with E-state index in [0.29, 0.717) is 13.0 Å². The number of methoxy groups -OCH3 is 1. The summed E-state index contributed by atoms with van der Waals surface area (Å²) in [5, 5.41) is 10.0. The third-order valence-corrected chi connectivity index (χ3v) is 5.16. The Labute approximate surface area is 156 Å². The standard InChI is InChI=1S/C21H32O5/c1-13(2)18(22)11-19(23)15(4)21-14(3)12-25-20(26-21)10-16-6-8-17(24-5)9-7-16/h6-9,13-15,18,20-22H,10-12H2,1-5H3/t14-,15-,18+,20-,21-/m0/s1. The Morgan fingerprint density at radius 3 is 2.50 bits per heavy atom. The number of benzene rings is 1. The molecule has 0 amide bonds. The Bertz CT molecular complexity index is 568. The van der Waals surface area contributed by atoms with Crippen molar-refractivity contribution in [3.05, 3.63) is 29.8 Å². The zero-order valence-electron chi connectivity index (χ0n) is 16.5. The minimum absolute atomic E-state index is 0.0492. The summed E-state index contributed by atoms with van der Waals surface area (Å²) < 4.78 is 17.1. The summed E-state index contributed by atoms with van der Waals surface area (Å²) in [6, 6.07) is 7.81. The van der Waals surface area contributed by atoms with Crippen molar-refractivity contribution in [3.63, 3.8) is 0 Å². The molecule has 0 spiro atoms. The first-order chi connectivity index (χ1) is 12.3. The van der Waals surface area contributed by atoms with Gasteiger partial charge in [0, 0.05) is 24.7 Å². The van der Waals surface area contributed by atoms with E-state index in [-0.39, 0.29) is 42.4 Å². The molecule has 1 aromatic carbocycles. The molecule has 146 valence electrons. The topological polar surface area (TPSA) is 65.0 Å². The summed E-state index contributed by atoms with van der Waals surface area (Å²) in [7, 11) is 1.64. The lowest BCUT2D eigenvalue weighted by molar-refractivity contribution is -0.242. The van der Waals surface area contributed by atoms with Crippen LogP contribution < -0.4 is 4.74 Å². The second-order valence-electron chi connectivity index (χ2n) is 7.66. The molecule has 5 nitrogen and oxygen atoms in total. The lowest BCUT2D eigenvalue weighted by Crippen LogP contribution is -2.45. The van der Waals surface area contributed by atoms with Crippen LogP contribution in [-0.4, -0.2) is 43.1 Å². The molecule has 1 saturated heterocycles. The van der Waals surface area contributed by atoms with Gasteiger partial charge in [0.15, 0.2) is 6.29 Å². The Balaban J connectivity index is 1.96. The highest BCUT2D eigenvalue weighted by Crippen LogP contribution is 2.28. The van der Waals surface area contributed by atoms with Crippen LogP contribution in [0.1, 0.15) is 39.7 Å². The van der Waals surface area contributed by atoms with E-state index < -0.39 is 6.10 Å². The molecule has 5 atom stereocenters. The summed E-state index contributed by atoms with van der Waals surface area (Å²) in [5.41, 5.74) is 1.10. The summed E-state index contributed by atoms with van der Waals surface area (Å²) in [6.07, 6.45) is -0.359. The van der Waals surface area contributed by atoms with Crippen molar-refractivity contribution in [2.45, 2.75) is 59.0 Å². The number of aliphatic hydroxyl groups is 1. The predicted molar refractivity (Wildman–Crippen MR) is 100 cm³/mol. The normalized spacial score (nSPS) is 25.7. The highest BCUT2D eigenvalue weighted by atomic mass is 16.7. The summed E-state index contributed by atoms with van der Waals surface area (Å²) in [5.74, 6) is 0.807. The number of hydrogen-bond donors (Lipinski definition) is 1. The monoisotopic (exact) mass is 364 g/mol. The third-order valence-electron chi connectivity index (χ3n) is 5.16. The number of Topliss-reactive ketones (excluding diaryl/α,β-unsaturated/α-hetero) is 1. The molecule has 1 aliphatic rings. The first kappa shape index (κ1) is 20.9. The van der Waals surface area contributed by atoms with E-state index in [2.05, 4.69) is 0 Å². The van der Waals surface area contributed by atoms with Crippen LogP contribution in [0.25, 0.3) is 0 Å². The molecule has 0 aliphatic carbocycles. The second kappa shape index (κ2) is 9.49. The average molecular weight is 364 g/mol. The van der Waals surface area contributed by atoms with E-state index in [1.807, 2.05) is 52.0 Å². The van der Waals surface area contributed by atoms with Gasteiger partial charge >= 0.3 is 0 Å². The van der Waals surface area contributed by atoms with E-state index >= 15 is 0 Å². The van der Waals surface area contributed by atoms with Gasteiger partial charge in [-0.3, -0.25) is 4.79 Å². The number of aliphatic hydroxyl groups excluding tert-OH is 1. The molecule has 2 rings (SSSR count). The molecule has 5 heteroatoms. The van der Waals surface area contributed by atoms with E-state index in [1.54, 1.807) is 7.11 Å². The quantitative estimate of drug-likeness (QED) is 0.767. The van der Waals surface area contributed by atoms with Crippen molar-refractivity contribution >= 4 is 5.78 Å². The van der Waals surface area contributed by atoms with Crippen molar-refractivity contribution in [2.75, 3.05) is 13.7 Å². The zero-order chi connectivity index (χ0) is 19.3. The number of rotatable bonds is 8. The molecule has 0 radical (unpaired) electrons. The number of hydrogen-bond acceptors (Lipinski definition) is 5. The molecule has 1 heterocycles. The Morgan fingerprint density at radius 2 is 1.92 bits per heavy atom. The van der Waals surface area contributed by atoms with Gasteiger partial charge in [0.05, 0.1) is 25.9 Å². The fourth-order valence-corrected chi connectivity index (χ4v) is 3.19. The largest absolute Gasteiger partial charge is 0.497 e. The molecule has 1 N–H and O–H groups in total. The Morgan fingerprint density at radius 1 is 1.27 bits per heavy atom. The molecular weight excluding hydrogens is 332 g/mol. The van der Waals surface area contributed by atoms with Crippen LogP contribution in [0, 0.1) is 17.8 Å². The lowest BCUT2D eigenvalue weighted by atomic mass is 9.86. The molecule has 0 bridgehead atoms. The average Bonchev–Trinajstić information content (AvgIpc) is 2.63. The van der Waals surface area contributed by atoms with Gasteiger partial charge in [-0.15, -0.1) is 0 Å². The zero-order valence-corrected chi connectivity index (χ0v) is 16.5. The number of carbonyl (C=O) groups excluding carboxylic acids is 1. The molecule has 26 heavy (non-hydrogen) atoms. The predicted octanol–water partition coefficient (Wildman–Crippen LogP) is 3.23.